The van der Waals surface area contributed by atoms with E-state index in [2.05, 4.69) is 5.32 Å². The number of sulfonamides is 1. The largest absolute Gasteiger partial charge is 0.452 e. The number of carbonyl (C=O) groups excluding carboxylic acids is 2. The summed E-state index contributed by atoms with van der Waals surface area (Å²) < 4.78 is 30.4. The van der Waals surface area contributed by atoms with Crippen molar-refractivity contribution in [3.05, 3.63) is 29.3 Å². The minimum Gasteiger partial charge on any atom is -0.452 e. The molecule has 140 valence electrons. The van der Waals surface area contributed by atoms with Gasteiger partial charge in [-0.05, 0) is 38.0 Å². The molecule has 0 saturated carbocycles. The Morgan fingerprint density at radius 2 is 1.92 bits per heavy atom. The van der Waals surface area contributed by atoms with E-state index in [0.717, 1.165) is 17.1 Å². The Morgan fingerprint density at radius 1 is 1.28 bits per heavy atom. The highest BCUT2D eigenvalue weighted by atomic mass is 32.2. The second-order valence-corrected chi connectivity index (χ2v) is 8.25. The fourth-order valence-electron chi connectivity index (χ4n) is 2.22. The lowest BCUT2D eigenvalue weighted by Crippen LogP contribution is -2.35. The zero-order valence-corrected chi connectivity index (χ0v) is 16.1. The summed E-state index contributed by atoms with van der Waals surface area (Å²) in [4.78, 5) is 24.0. The molecule has 1 amide bonds. The summed E-state index contributed by atoms with van der Waals surface area (Å²) in [7, 11) is -0.834. The molecular weight excluding hydrogens is 344 g/mol. The molecule has 0 unspecified atom stereocenters. The van der Waals surface area contributed by atoms with Crippen LogP contribution in [0.1, 0.15) is 42.6 Å². The monoisotopic (exact) mass is 370 g/mol. The highest BCUT2D eigenvalue weighted by Gasteiger charge is 2.21. The molecule has 0 fully saturated rings. The number of esters is 1. The van der Waals surface area contributed by atoms with Crippen molar-refractivity contribution in [1.82, 2.24) is 9.62 Å². The minimum atomic E-state index is -3.66. The summed E-state index contributed by atoms with van der Waals surface area (Å²) >= 11 is 0. The summed E-state index contributed by atoms with van der Waals surface area (Å²) in [5.74, 6) is -1.12. The number of nitrogens with zero attached hydrogens (tertiary/aromatic N) is 1. The molecule has 7 nitrogen and oxygen atoms in total. The van der Waals surface area contributed by atoms with E-state index in [1.165, 1.54) is 32.3 Å². The van der Waals surface area contributed by atoms with Gasteiger partial charge in [-0.2, -0.15) is 0 Å². The first-order valence-electron chi connectivity index (χ1n) is 8.09. The number of amides is 1. The number of rotatable bonds is 8. The first-order chi connectivity index (χ1) is 11.6. The van der Waals surface area contributed by atoms with Crippen molar-refractivity contribution in [2.45, 2.75) is 44.6 Å². The number of ether oxygens (including phenoxy) is 1. The van der Waals surface area contributed by atoms with Crippen LogP contribution in [0.15, 0.2) is 23.1 Å². The van der Waals surface area contributed by atoms with E-state index in [9.17, 15) is 18.0 Å². The van der Waals surface area contributed by atoms with E-state index in [4.69, 9.17) is 4.74 Å². The van der Waals surface area contributed by atoms with Crippen molar-refractivity contribution in [3.8, 4) is 0 Å². The SMILES string of the molecule is CCC[C@@H](C)NC(=O)COC(=O)c1cc(S(=O)(=O)N(C)C)ccc1C. The van der Waals surface area contributed by atoms with Crippen LogP contribution < -0.4 is 5.32 Å². The van der Waals surface area contributed by atoms with E-state index in [0.29, 0.717) is 5.56 Å². The maximum Gasteiger partial charge on any atom is 0.338 e. The number of carbonyl (C=O) groups is 2. The second-order valence-electron chi connectivity index (χ2n) is 6.10. The molecule has 0 aliphatic heterocycles. The Balaban J connectivity index is 2.84. The van der Waals surface area contributed by atoms with Gasteiger partial charge in [0, 0.05) is 20.1 Å². The van der Waals surface area contributed by atoms with Gasteiger partial charge in [-0.25, -0.2) is 17.5 Å². The number of aryl methyl sites for hydroxylation is 1. The van der Waals surface area contributed by atoms with Crippen LogP contribution in [-0.2, 0) is 19.6 Å². The molecule has 0 spiro atoms. The molecule has 1 aromatic rings. The molecule has 0 aromatic heterocycles. The van der Waals surface area contributed by atoms with E-state index in [1.54, 1.807) is 6.92 Å². The van der Waals surface area contributed by atoms with E-state index < -0.39 is 22.6 Å². The molecule has 0 aliphatic rings. The van der Waals surface area contributed by atoms with Gasteiger partial charge < -0.3 is 10.1 Å². The molecular formula is C17H26N2O5S. The van der Waals surface area contributed by atoms with Crippen LogP contribution in [0.3, 0.4) is 0 Å². The predicted octanol–water partition coefficient (Wildman–Crippen LogP) is 1.71. The molecule has 1 aromatic carbocycles. The number of hydrogen-bond donors (Lipinski definition) is 1. The molecule has 0 heterocycles. The van der Waals surface area contributed by atoms with Crippen molar-refractivity contribution in [1.29, 1.82) is 0 Å². The third kappa shape index (κ3) is 5.82. The Morgan fingerprint density at radius 3 is 2.48 bits per heavy atom. The van der Waals surface area contributed by atoms with Gasteiger partial charge >= 0.3 is 5.97 Å². The maximum atomic E-state index is 12.2. The fraction of sp³-hybridized carbons (Fsp3) is 0.529. The summed E-state index contributed by atoms with van der Waals surface area (Å²) in [6.45, 7) is 5.16. The van der Waals surface area contributed by atoms with E-state index in [1.807, 2.05) is 13.8 Å². The Hall–Kier alpha value is -1.93. The van der Waals surface area contributed by atoms with Crippen LogP contribution in [0.5, 0.6) is 0 Å². The third-order valence-electron chi connectivity index (χ3n) is 3.67. The summed E-state index contributed by atoms with van der Waals surface area (Å²) in [5.41, 5.74) is 0.694. The molecule has 1 N–H and O–H groups in total. The van der Waals surface area contributed by atoms with E-state index in [-0.39, 0.29) is 22.4 Å². The van der Waals surface area contributed by atoms with Crippen LogP contribution in [0.2, 0.25) is 0 Å². The highest BCUT2D eigenvalue weighted by molar-refractivity contribution is 7.89. The van der Waals surface area contributed by atoms with Gasteiger partial charge in [-0.15, -0.1) is 0 Å². The lowest BCUT2D eigenvalue weighted by atomic mass is 10.1. The van der Waals surface area contributed by atoms with Gasteiger partial charge in [0.1, 0.15) is 0 Å². The highest BCUT2D eigenvalue weighted by Crippen LogP contribution is 2.18. The standard InChI is InChI=1S/C17H26N2O5S/c1-6-7-13(3)18-16(20)11-24-17(21)15-10-14(9-8-12(15)2)25(22,23)19(4)5/h8-10,13H,6-7,11H2,1-5H3,(H,18,20)/t13-/m1/s1. The molecule has 0 saturated heterocycles. The van der Waals surface area contributed by atoms with Crippen molar-refractivity contribution >= 4 is 21.9 Å². The average molecular weight is 370 g/mol. The molecule has 1 atom stereocenters. The predicted molar refractivity (Wildman–Crippen MR) is 94.8 cm³/mol. The number of hydrogen-bond acceptors (Lipinski definition) is 5. The quantitative estimate of drug-likeness (QED) is 0.703. The molecule has 8 heteroatoms. The van der Waals surface area contributed by atoms with Crippen LogP contribution in [0.4, 0.5) is 0 Å². The summed E-state index contributed by atoms with van der Waals surface area (Å²) in [6.07, 6.45) is 1.77. The number of benzene rings is 1. The third-order valence-corrected chi connectivity index (χ3v) is 5.48. The van der Waals surface area contributed by atoms with Crippen molar-refractivity contribution in [2.24, 2.45) is 0 Å². The smallest absolute Gasteiger partial charge is 0.338 e. The van der Waals surface area contributed by atoms with Crippen molar-refractivity contribution in [2.75, 3.05) is 20.7 Å². The van der Waals surface area contributed by atoms with Crippen LogP contribution in [-0.4, -0.2) is 51.3 Å². The van der Waals surface area contributed by atoms with Gasteiger partial charge in [-0.3, -0.25) is 4.79 Å². The Labute approximate surface area is 149 Å². The lowest BCUT2D eigenvalue weighted by Gasteiger charge is -2.14. The zero-order chi connectivity index (χ0) is 19.2. The zero-order valence-electron chi connectivity index (χ0n) is 15.3. The lowest BCUT2D eigenvalue weighted by molar-refractivity contribution is -0.124. The molecule has 25 heavy (non-hydrogen) atoms. The minimum absolute atomic E-state index is 0.00364. The van der Waals surface area contributed by atoms with E-state index >= 15 is 0 Å². The maximum absolute atomic E-state index is 12.2. The Bertz CT molecular complexity index is 729. The van der Waals surface area contributed by atoms with Crippen LogP contribution in [0, 0.1) is 6.92 Å². The van der Waals surface area contributed by atoms with Crippen molar-refractivity contribution < 1.29 is 22.7 Å². The van der Waals surface area contributed by atoms with Gasteiger partial charge in [0.25, 0.3) is 5.91 Å². The molecule has 1 rings (SSSR count). The summed E-state index contributed by atoms with van der Waals surface area (Å²) in [5, 5.41) is 2.73. The van der Waals surface area contributed by atoms with Crippen LogP contribution >= 0.6 is 0 Å². The number of nitrogens with one attached hydrogen (secondary N) is 1. The van der Waals surface area contributed by atoms with Gasteiger partial charge in [0.05, 0.1) is 10.5 Å². The normalized spacial score (nSPS) is 12.7. The summed E-state index contributed by atoms with van der Waals surface area (Å²) in [6, 6.07) is 4.24. The van der Waals surface area contributed by atoms with Gasteiger partial charge in [0.2, 0.25) is 10.0 Å². The molecule has 0 radical (unpaired) electrons. The topological polar surface area (TPSA) is 92.8 Å². The Kier molecular flexibility index (Phi) is 7.57. The second kappa shape index (κ2) is 8.96. The molecule has 0 bridgehead atoms. The van der Waals surface area contributed by atoms with Gasteiger partial charge in [-0.1, -0.05) is 19.4 Å². The van der Waals surface area contributed by atoms with Gasteiger partial charge in [0.15, 0.2) is 6.61 Å². The average Bonchev–Trinajstić information content (AvgIpc) is 2.52. The first-order valence-corrected chi connectivity index (χ1v) is 9.53. The molecule has 0 aliphatic carbocycles. The first kappa shape index (κ1) is 21.1. The van der Waals surface area contributed by atoms with Crippen molar-refractivity contribution in [3.63, 3.8) is 0 Å². The fourth-order valence-corrected chi connectivity index (χ4v) is 3.15. The van der Waals surface area contributed by atoms with Crippen LogP contribution in [0.25, 0.3) is 0 Å².